The summed E-state index contributed by atoms with van der Waals surface area (Å²) in [6.07, 6.45) is 5.01. The van der Waals surface area contributed by atoms with Crippen LogP contribution in [0.4, 0.5) is 0 Å². The fourth-order valence-corrected chi connectivity index (χ4v) is 4.06. The number of hydrogen-bond donors (Lipinski definition) is 1. The van der Waals surface area contributed by atoms with Crippen LogP contribution < -0.4 is 5.32 Å². The van der Waals surface area contributed by atoms with E-state index >= 15 is 0 Å². The molecular weight excluding hydrogens is 266 g/mol. The first-order chi connectivity index (χ1) is 8.37. The fourth-order valence-electron chi connectivity index (χ4n) is 1.92. The maximum Gasteiger partial charge on any atom is 0.150 e. The third kappa shape index (κ3) is 11.4. The van der Waals surface area contributed by atoms with E-state index in [1.54, 1.807) is 11.8 Å². The van der Waals surface area contributed by atoms with Crippen LogP contribution in [-0.4, -0.2) is 38.6 Å². The van der Waals surface area contributed by atoms with Gasteiger partial charge in [0, 0.05) is 5.88 Å². The Morgan fingerprint density at radius 2 is 1.83 bits per heavy atom. The summed E-state index contributed by atoms with van der Waals surface area (Å²) >= 11 is 1.79. The summed E-state index contributed by atoms with van der Waals surface area (Å²) in [5.74, 6) is 2.55. The van der Waals surface area contributed by atoms with Gasteiger partial charge in [-0.1, -0.05) is 27.2 Å². The van der Waals surface area contributed by atoms with Crippen LogP contribution in [0.25, 0.3) is 0 Å². The Kier molecular flexibility index (Phi) is 10.2. The smallest absolute Gasteiger partial charge is 0.150 e. The molecule has 110 valence electrons. The molecule has 1 atom stereocenters. The highest BCUT2D eigenvalue weighted by Crippen LogP contribution is 2.10. The third-order valence-corrected chi connectivity index (χ3v) is 5.31. The van der Waals surface area contributed by atoms with Crippen molar-refractivity contribution in [3.05, 3.63) is 0 Å². The average molecular weight is 296 g/mol. The van der Waals surface area contributed by atoms with Gasteiger partial charge >= 0.3 is 0 Å². The molecule has 0 saturated carbocycles. The Hall–Kier alpha value is 0.260. The van der Waals surface area contributed by atoms with Crippen LogP contribution in [0.1, 0.15) is 40.0 Å². The summed E-state index contributed by atoms with van der Waals surface area (Å²) in [6.45, 7) is 7.16. The van der Waals surface area contributed by atoms with Crippen molar-refractivity contribution < 1.29 is 8.42 Å². The molecule has 0 rings (SSSR count). The molecule has 0 aliphatic carbocycles. The van der Waals surface area contributed by atoms with Crippen molar-refractivity contribution in [1.29, 1.82) is 0 Å². The van der Waals surface area contributed by atoms with Gasteiger partial charge < -0.3 is 5.32 Å². The van der Waals surface area contributed by atoms with E-state index < -0.39 is 9.84 Å². The van der Waals surface area contributed by atoms with Crippen LogP contribution in [0.15, 0.2) is 0 Å². The molecule has 0 aromatic rings. The molecule has 0 fully saturated rings. The van der Waals surface area contributed by atoms with Crippen LogP contribution in [-0.2, 0) is 9.84 Å². The Morgan fingerprint density at radius 3 is 2.39 bits per heavy atom. The monoisotopic (exact) mass is 295 g/mol. The zero-order chi connectivity index (χ0) is 14.0. The van der Waals surface area contributed by atoms with Crippen molar-refractivity contribution in [2.75, 3.05) is 30.2 Å². The number of nitrogens with one attached hydrogen (secondary N) is 1. The van der Waals surface area contributed by atoms with Crippen LogP contribution in [0.5, 0.6) is 0 Å². The highest BCUT2D eigenvalue weighted by atomic mass is 32.2. The maximum absolute atomic E-state index is 11.7. The minimum absolute atomic E-state index is 0.240. The van der Waals surface area contributed by atoms with Crippen LogP contribution in [0.3, 0.4) is 0 Å². The Morgan fingerprint density at radius 1 is 1.17 bits per heavy atom. The van der Waals surface area contributed by atoms with Crippen molar-refractivity contribution in [2.24, 2.45) is 11.8 Å². The first-order valence-corrected chi connectivity index (χ1v) is 9.99. The lowest BCUT2D eigenvalue weighted by Gasteiger charge is -2.12. The maximum atomic E-state index is 11.7. The first kappa shape index (κ1) is 18.3. The fraction of sp³-hybridized carbons (Fsp3) is 1.00. The van der Waals surface area contributed by atoms with Gasteiger partial charge in [0.25, 0.3) is 0 Å². The summed E-state index contributed by atoms with van der Waals surface area (Å²) in [4.78, 5) is 0. The number of hydrogen-bond acceptors (Lipinski definition) is 4. The highest BCUT2D eigenvalue weighted by molar-refractivity contribution is 7.98. The molecular formula is C13H29NO2S2. The standard InChI is InChI=1S/C13H29NO2S2/c1-12(2)10-18(15,16)8-6-5-7-13(3)9-14-11-17-4/h12-14H,5-11H2,1-4H3. The summed E-state index contributed by atoms with van der Waals surface area (Å²) in [5.41, 5.74) is 0. The van der Waals surface area contributed by atoms with E-state index in [0.717, 1.165) is 31.7 Å². The van der Waals surface area contributed by atoms with Crippen LogP contribution >= 0.6 is 11.8 Å². The predicted octanol–water partition coefficient (Wildman–Crippen LogP) is 2.77. The normalized spacial score (nSPS) is 14.1. The first-order valence-electron chi connectivity index (χ1n) is 6.77. The van der Waals surface area contributed by atoms with Gasteiger partial charge in [-0.05, 0) is 37.5 Å². The molecule has 0 aliphatic rings. The van der Waals surface area contributed by atoms with Crippen LogP contribution in [0, 0.1) is 11.8 Å². The number of sulfone groups is 1. The van der Waals surface area contributed by atoms with E-state index in [2.05, 4.69) is 18.5 Å². The minimum atomic E-state index is -2.82. The minimum Gasteiger partial charge on any atom is -0.308 e. The van der Waals surface area contributed by atoms with E-state index in [0.29, 0.717) is 17.4 Å². The van der Waals surface area contributed by atoms with Gasteiger partial charge in [0.05, 0.1) is 11.5 Å². The van der Waals surface area contributed by atoms with Gasteiger partial charge in [-0.3, -0.25) is 0 Å². The molecule has 1 unspecified atom stereocenters. The molecule has 0 saturated heterocycles. The average Bonchev–Trinajstić information content (AvgIpc) is 2.23. The number of thioether (sulfide) groups is 1. The van der Waals surface area contributed by atoms with Gasteiger partial charge in [-0.2, -0.15) is 0 Å². The second kappa shape index (κ2) is 10.1. The SMILES string of the molecule is CSCNCC(C)CCCCS(=O)(=O)CC(C)C. The Balaban J connectivity index is 3.60. The molecule has 0 heterocycles. The van der Waals surface area contributed by atoms with E-state index in [1.165, 1.54) is 0 Å². The van der Waals surface area contributed by atoms with E-state index in [9.17, 15) is 8.42 Å². The van der Waals surface area contributed by atoms with Crippen molar-refractivity contribution in [1.82, 2.24) is 5.32 Å². The predicted molar refractivity (Wildman–Crippen MR) is 82.9 cm³/mol. The summed E-state index contributed by atoms with van der Waals surface area (Å²) in [5, 5.41) is 3.36. The van der Waals surface area contributed by atoms with E-state index in [1.807, 2.05) is 13.8 Å². The zero-order valence-corrected chi connectivity index (χ0v) is 13.9. The van der Waals surface area contributed by atoms with Gasteiger partial charge in [0.15, 0.2) is 9.84 Å². The highest BCUT2D eigenvalue weighted by Gasteiger charge is 2.12. The summed E-state index contributed by atoms with van der Waals surface area (Å²) in [7, 11) is -2.82. The summed E-state index contributed by atoms with van der Waals surface area (Å²) in [6, 6.07) is 0. The topological polar surface area (TPSA) is 46.2 Å². The lowest BCUT2D eigenvalue weighted by atomic mass is 10.1. The Bertz CT molecular complexity index is 289. The molecule has 5 heteroatoms. The molecule has 3 nitrogen and oxygen atoms in total. The third-order valence-electron chi connectivity index (χ3n) is 2.73. The van der Waals surface area contributed by atoms with Crippen molar-refractivity contribution in [3.8, 4) is 0 Å². The van der Waals surface area contributed by atoms with E-state index in [4.69, 9.17) is 0 Å². The van der Waals surface area contributed by atoms with Gasteiger partial charge in [0.1, 0.15) is 0 Å². The summed E-state index contributed by atoms with van der Waals surface area (Å²) < 4.78 is 23.4. The van der Waals surface area contributed by atoms with Gasteiger partial charge in [-0.15, -0.1) is 11.8 Å². The lowest BCUT2D eigenvalue weighted by molar-refractivity contribution is 0.479. The lowest BCUT2D eigenvalue weighted by Crippen LogP contribution is -2.20. The van der Waals surface area contributed by atoms with Crippen LogP contribution in [0.2, 0.25) is 0 Å². The molecule has 0 aliphatic heterocycles. The number of rotatable bonds is 11. The van der Waals surface area contributed by atoms with Crippen molar-refractivity contribution in [2.45, 2.75) is 40.0 Å². The molecule has 0 radical (unpaired) electrons. The molecule has 0 bridgehead atoms. The second-order valence-corrected chi connectivity index (χ2v) is 8.59. The van der Waals surface area contributed by atoms with Crippen molar-refractivity contribution >= 4 is 21.6 Å². The largest absolute Gasteiger partial charge is 0.308 e. The number of unbranched alkanes of at least 4 members (excludes halogenated alkanes) is 1. The molecule has 0 aromatic heterocycles. The molecule has 0 aromatic carbocycles. The molecule has 1 N–H and O–H groups in total. The van der Waals surface area contributed by atoms with Gasteiger partial charge in [-0.25, -0.2) is 8.42 Å². The molecule has 0 amide bonds. The molecule has 0 spiro atoms. The van der Waals surface area contributed by atoms with E-state index in [-0.39, 0.29) is 5.92 Å². The second-order valence-electron chi connectivity index (χ2n) is 5.50. The Labute approximate surface area is 117 Å². The van der Waals surface area contributed by atoms with Gasteiger partial charge in [0.2, 0.25) is 0 Å². The molecule has 18 heavy (non-hydrogen) atoms. The quantitative estimate of drug-likeness (QED) is 0.470. The zero-order valence-electron chi connectivity index (χ0n) is 12.2. The van der Waals surface area contributed by atoms with Crippen molar-refractivity contribution in [3.63, 3.8) is 0 Å².